The molecule has 2 unspecified atom stereocenters. The molecule has 166 valence electrons. The summed E-state index contributed by atoms with van der Waals surface area (Å²) in [6.07, 6.45) is -0.883. The first kappa shape index (κ1) is 23.5. The molecule has 2 aromatic carbocycles. The van der Waals surface area contributed by atoms with Gasteiger partial charge in [-0.25, -0.2) is 8.42 Å². The monoisotopic (exact) mass is 486 g/mol. The number of halogens is 2. The summed E-state index contributed by atoms with van der Waals surface area (Å²) in [5.41, 5.74) is 2.48. The van der Waals surface area contributed by atoms with Crippen molar-refractivity contribution in [3.05, 3.63) is 63.1 Å². The summed E-state index contributed by atoms with van der Waals surface area (Å²) in [6.45, 7) is 1.22. The van der Waals surface area contributed by atoms with Crippen LogP contribution >= 0.6 is 23.2 Å². The molecule has 0 amide bonds. The Labute approximate surface area is 189 Å². The van der Waals surface area contributed by atoms with E-state index in [1.165, 1.54) is 12.1 Å². The Hall–Kier alpha value is -2.17. The van der Waals surface area contributed by atoms with Gasteiger partial charge in [0.05, 0.1) is 11.3 Å². The second-order valence-electron chi connectivity index (χ2n) is 7.39. The SMILES string of the molecule is CN1Cc2c(Cl)cc(Cl)cc2C(c2cccc(S(=O)(=O)NC(CC(=O)O)C(=O)O)c2)C1. The lowest BCUT2D eigenvalue weighted by atomic mass is 9.85. The number of hydrogen-bond acceptors (Lipinski definition) is 5. The van der Waals surface area contributed by atoms with Gasteiger partial charge in [0.2, 0.25) is 10.0 Å². The molecule has 11 heteroatoms. The fraction of sp³-hybridized carbons (Fsp3) is 0.300. The molecule has 1 aliphatic rings. The molecule has 0 spiro atoms. The summed E-state index contributed by atoms with van der Waals surface area (Å²) in [5.74, 6) is -3.22. The molecule has 3 rings (SSSR count). The van der Waals surface area contributed by atoms with Crippen molar-refractivity contribution >= 4 is 45.2 Å². The normalized spacial score (nSPS) is 17.7. The Kier molecular flexibility index (Phi) is 6.92. The number of sulfonamides is 1. The van der Waals surface area contributed by atoms with Crippen LogP contribution in [0.15, 0.2) is 41.3 Å². The molecule has 1 aliphatic heterocycles. The highest BCUT2D eigenvalue weighted by molar-refractivity contribution is 7.89. The standard InChI is InChI=1S/C20H20Cl2N2O6S/c1-24-9-15(14-6-12(21)7-17(22)16(14)10-24)11-3-2-4-13(5-11)31(29,30)23-18(20(27)28)8-19(25)26/h2-7,15,18,23H,8-10H2,1H3,(H,25,26)(H,27,28). The van der Waals surface area contributed by atoms with Crippen molar-refractivity contribution in [2.45, 2.75) is 29.8 Å². The van der Waals surface area contributed by atoms with Gasteiger partial charge in [-0.15, -0.1) is 0 Å². The van der Waals surface area contributed by atoms with Crippen LogP contribution in [0.3, 0.4) is 0 Å². The van der Waals surface area contributed by atoms with Crippen molar-refractivity contribution in [3.8, 4) is 0 Å². The first-order chi connectivity index (χ1) is 14.5. The first-order valence-corrected chi connectivity index (χ1v) is 11.4. The van der Waals surface area contributed by atoms with E-state index in [2.05, 4.69) is 4.90 Å². The number of carboxylic acids is 2. The van der Waals surface area contributed by atoms with Crippen molar-refractivity contribution in [3.63, 3.8) is 0 Å². The van der Waals surface area contributed by atoms with Gasteiger partial charge in [0, 0.05) is 29.1 Å². The third-order valence-electron chi connectivity index (χ3n) is 5.04. The Morgan fingerprint density at radius 3 is 2.58 bits per heavy atom. The van der Waals surface area contributed by atoms with E-state index in [1.807, 2.05) is 17.8 Å². The summed E-state index contributed by atoms with van der Waals surface area (Å²) in [4.78, 5) is 24.0. The van der Waals surface area contributed by atoms with Gasteiger partial charge >= 0.3 is 11.9 Å². The number of carbonyl (C=O) groups is 2. The molecular weight excluding hydrogens is 467 g/mol. The van der Waals surface area contributed by atoms with Gasteiger partial charge in [-0.3, -0.25) is 9.59 Å². The minimum absolute atomic E-state index is 0.162. The van der Waals surface area contributed by atoms with E-state index in [0.29, 0.717) is 28.7 Å². The zero-order chi connectivity index (χ0) is 22.9. The van der Waals surface area contributed by atoms with Gasteiger partial charge in [-0.1, -0.05) is 35.3 Å². The predicted octanol–water partition coefficient (Wildman–Crippen LogP) is 2.78. The third-order valence-corrected chi connectivity index (χ3v) is 7.06. The molecule has 0 bridgehead atoms. The lowest BCUT2D eigenvalue weighted by molar-refractivity contribution is -0.145. The molecule has 1 heterocycles. The largest absolute Gasteiger partial charge is 0.481 e. The Morgan fingerprint density at radius 2 is 1.94 bits per heavy atom. The van der Waals surface area contributed by atoms with E-state index in [0.717, 1.165) is 11.1 Å². The van der Waals surface area contributed by atoms with Gasteiger partial charge < -0.3 is 15.1 Å². The lowest BCUT2D eigenvalue weighted by Crippen LogP contribution is -2.42. The minimum atomic E-state index is -4.28. The number of likely N-dealkylation sites (N-methyl/N-ethyl adjacent to an activating group) is 1. The van der Waals surface area contributed by atoms with E-state index >= 15 is 0 Å². The summed E-state index contributed by atoms with van der Waals surface area (Å²) in [5, 5.41) is 19.0. The average Bonchev–Trinajstić information content (AvgIpc) is 2.67. The van der Waals surface area contributed by atoms with Crippen molar-refractivity contribution in [1.82, 2.24) is 9.62 Å². The molecule has 0 saturated carbocycles. The molecule has 3 N–H and O–H groups in total. The van der Waals surface area contributed by atoms with Crippen LogP contribution in [0, 0.1) is 0 Å². The maximum absolute atomic E-state index is 12.8. The summed E-state index contributed by atoms with van der Waals surface area (Å²) in [6, 6.07) is 7.79. The number of benzene rings is 2. The van der Waals surface area contributed by atoms with Crippen LogP contribution in [0.1, 0.15) is 29.0 Å². The van der Waals surface area contributed by atoms with E-state index in [9.17, 15) is 18.0 Å². The molecular formula is C20H20Cl2N2O6S. The average molecular weight is 487 g/mol. The van der Waals surface area contributed by atoms with Crippen molar-refractivity contribution < 1.29 is 28.2 Å². The van der Waals surface area contributed by atoms with Gasteiger partial charge in [0.15, 0.2) is 0 Å². The number of fused-ring (bicyclic) bond motifs is 1. The lowest BCUT2D eigenvalue weighted by Gasteiger charge is -2.33. The van der Waals surface area contributed by atoms with Crippen LogP contribution in [0.4, 0.5) is 0 Å². The maximum Gasteiger partial charge on any atom is 0.322 e. The van der Waals surface area contributed by atoms with Gasteiger partial charge in [-0.2, -0.15) is 4.72 Å². The van der Waals surface area contributed by atoms with Crippen molar-refractivity contribution in [1.29, 1.82) is 0 Å². The Morgan fingerprint density at radius 1 is 1.23 bits per heavy atom. The Bertz CT molecular complexity index is 1140. The fourth-order valence-corrected chi connectivity index (χ4v) is 5.45. The highest BCUT2D eigenvalue weighted by Gasteiger charge is 2.30. The number of nitrogens with one attached hydrogen (secondary N) is 1. The van der Waals surface area contributed by atoms with Crippen molar-refractivity contribution in [2.24, 2.45) is 0 Å². The highest BCUT2D eigenvalue weighted by atomic mass is 35.5. The second kappa shape index (κ2) is 9.13. The van der Waals surface area contributed by atoms with Crippen molar-refractivity contribution in [2.75, 3.05) is 13.6 Å². The van der Waals surface area contributed by atoms with E-state index in [4.69, 9.17) is 33.4 Å². The van der Waals surface area contributed by atoms with Crippen LogP contribution < -0.4 is 4.72 Å². The van der Waals surface area contributed by atoms with Gasteiger partial charge in [0.1, 0.15) is 6.04 Å². The van der Waals surface area contributed by atoms with Gasteiger partial charge in [-0.05, 0) is 48.0 Å². The molecule has 8 nitrogen and oxygen atoms in total. The molecule has 0 saturated heterocycles. The van der Waals surface area contributed by atoms with Crippen LogP contribution in [0.2, 0.25) is 10.0 Å². The summed E-state index contributed by atoms with van der Waals surface area (Å²) in [7, 11) is -2.36. The molecule has 2 atom stereocenters. The van der Waals surface area contributed by atoms with E-state index in [-0.39, 0.29) is 10.8 Å². The topological polar surface area (TPSA) is 124 Å². The molecule has 2 aromatic rings. The fourth-order valence-electron chi connectivity index (χ4n) is 3.64. The molecule has 0 aromatic heterocycles. The van der Waals surface area contributed by atoms with E-state index < -0.39 is 34.4 Å². The molecule has 0 fully saturated rings. The van der Waals surface area contributed by atoms with Gasteiger partial charge in [0.25, 0.3) is 0 Å². The Balaban J connectivity index is 1.99. The number of rotatable bonds is 7. The zero-order valence-electron chi connectivity index (χ0n) is 16.4. The first-order valence-electron chi connectivity index (χ1n) is 9.21. The van der Waals surface area contributed by atoms with E-state index in [1.54, 1.807) is 18.2 Å². The van der Waals surface area contributed by atoms with Crippen LogP contribution in [0.25, 0.3) is 0 Å². The second-order valence-corrected chi connectivity index (χ2v) is 9.94. The predicted molar refractivity (Wildman–Crippen MR) is 115 cm³/mol. The highest BCUT2D eigenvalue weighted by Crippen LogP contribution is 2.38. The molecule has 0 radical (unpaired) electrons. The number of hydrogen-bond donors (Lipinski definition) is 3. The van der Waals surface area contributed by atoms with Crippen LogP contribution in [-0.2, 0) is 26.2 Å². The minimum Gasteiger partial charge on any atom is -0.481 e. The number of nitrogens with zero attached hydrogens (tertiary/aromatic N) is 1. The zero-order valence-corrected chi connectivity index (χ0v) is 18.7. The smallest absolute Gasteiger partial charge is 0.322 e. The summed E-state index contributed by atoms with van der Waals surface area (Å²) < 4.78 is 27.5. The third kappa shape index (κ3) is 5.36. The molecule has 0 aliphatic carbocycles. The van der Waals surface area contributed by atoms with Crippen LogP contribution in [-0.4, -0.2) is 55.1 Å². The number of aliphatic carboxylic acids is 2. The van der Waals surface area contributed by atoms with Crippen LogP contribution in [0.5, 0.6) is 0 Å². The number of carboxylic acid groups (broad SMARTS) is 2. The summed E-state index contributed by atoms with van der Waals surface area (Å²) >= 11 is 12.6. The maximum atomic E-state index is 12.8. The quantitative estimate of drug-likeness (QED) is 0.549. The molecule has 31 heavy (non-hydrogen) atoms.